The Labute approximate surface area is 248 Å². The molecular formula is C30H44Cl2N6O2. The lowest BCUT2D eigenvalue weighted by Crippen LogP contribution is -2.63. The Morgan fingerprint density at radius 2 is 1.85 bits per heavy atom. The van der Waals surface area contributed by atoms with Crippen LogP contribution in [-0.2, 0) is 17.8 Å². The summed E-state index contributed by atoms with van der Waals surface area (Å²) in [5.74, 6) is -0.102. The first-order valence-corrected chi connectivity index (χ1v) is 15.3. The van der Waals surface area contributed by atoms with Gasteiger partial charge in [0.15, 0.2) is 0 Å². The van der Waals surface area contributed by atoms with E-state index in [0.717, 1.165) is 56.5 Å². The van der Waals surface area contributed by atoms with Crippen LogP contribution in [0.3, 0.4) is 0 Å². The fraction of sp³-hybridized carbons (Fsp3) is 0.633. The fourth-order valence-corrected chi connectivity index (χ4v) is 5.79. The number of rotatable bonds is 9. The van der Waals surface area contributed by atoms with Crippen LogP contribution < -0.4 is 10.6 Å². The summed E-state index contributed by atoms with van der Waals surface area (Å²) < 4.78 is 2.05. The van der Waals surface area contributed by atoms with Gasteiger partial charge in [0, 0.05) is 57.1 Å². The van der Waals surface area contributed by atoms with E-state index in [0.29, 0.717) is 42.6 Å². The minimum Gasteiger partial charge on any atom is -0.354 e. The molecule has 1 aromatic heterocycles. The number of nitrogens with one attached hydrogen (secondary N) is 2. The van der Waals surface area contributed by atoms with E-state index in [1.807, 2.05) is 22.9 Å². The molecule has 1 atom stereocenters. The smallest absolute Gasteiger partial charge is 0.318 e. The molecule has 2 aliphatic rings. The van der Waals surface area contributed by atoms with Gasteiger partial charge in [0.1, 0.15) is 6.04 Å². The lowest BCUT2D eigenvalue weighted by atomic mass is 9.92. The van der Waals surface area contributed by atoms with Gasteiger partial charge in [-0.05, 0) is 48.9 Å². The number of amides is 3. The second-order valence-electron chi connectivity index (χ2n) is 12.4. The Kier molecular flexibility index (Phi) is 10.8. The van der Waals surface area contributed by atoms with Gasteiger partial charge < -0.3 is 20.1 Å². The van der Waals surface area contributed by atoms with Gasteiger partial charge in [0.25, 0.3) is 0 Å². The molecule has 1 unspecified atom stereocenters. The first-order valence-electron chi connectivity index (χ1n) is 14.6. The number of nitrogens with zero attached hydrogens (tertiary/aromatic N) is 4. The summed E-state index contributed by atoms with van der Waals surface area (Å²) in [5, 5.41) is 7.38. The summed E-state index contributed by atoms with van der Waals surface area (Å²) in [6.07, 6.45) is 10.8. The molecule has 3 amide bonds. The van der Waals surface area contributed by atoms with Gasteiger partial charge in [0.05, 0.1) is 16.4 Å². The number of carbonyl (C=O) groups is 2. The number of imidazole rings is 1. The second-order valence-corrected chi connectivity index (χ2v) is 13.2. The Balaban J connectivity index is 1.36. The van der Waals surface area contributed by atoms with Gasteiger partial charge in [-0.1, -0.05) is 69.3 Å². The van der Waals surface area contributed by atoms with E-state index >= 15 is 0 Å². The summed E-state index contributed by atoms with van der Waals surface area (Å²) in [6, 6.07) is 5.18. The van der Waals surface area contributed by atoms with Gasteiger partial charge >= 0.3 is 6.03 Å². The summed E-state index contributed by atoms with van der Waals surface area (Å²) in [4.78, 5) is 35.2. The topological polar surface area (TPSA) is 82.5 Å². The highest BCUT2D eigenvalue weighted by atomic mass is 35.5. The monoisotopic (exact) mass is 590 g/mol. The van der Waals surface area contributed by atoms with E-state index in [1.54, 1.807) is 17.3 Å². The van der Waals surface area contributed by atoms with Crippen LogP contribution in [-0.4, -0.2) is 76.1 Å². The molecule has 2 N–H and O–H groups in total. The molecule has 1 aliphatic carbocycles. The number of carbonyl (C=O) groups excluding carboxylic acids is 2. The van der Waals surface area contributed by atoms with Crippen LogP contribution in [0, 0.1) is 5.41 Å². The molecule has 2 heterocycles. The molecule has 40 heavy (non-hydrogen) atoms. The normalized spacial score (nSPS) is 19.0. The highest BCUT2D eigenvalue weighted by Gasteiger charge is 2.36. The highest BCUT2D eigenvalue weighted by Crippen LogP contribution is 2.24. The first-order chi connectivity index (χ1) is 19.1. The maximum absolute atomic E-state index is 13.5. The number of piperazine rings is 1. The van der Waals surface area contributed by atoms with Crippen LogP contribution in [0.4, 0.5) is 4.79 Å². The predicted molar refractivity (Wildman–Crippen MR) is 161 cm³/mol. The Morgan fingerprint density at radius 1 is 1.07 bits per heavy atom. The number of aromatic nitrogens is 2. The van der Waals surface area contributed by atoms with E-state index in [-0.39, 0.29) is 23.4 Å². The largest absolute Gasteiger partial charge is 0.354 e. The molecule has 8 nitrogen and oxygen atoms in total. The van der Waals surface area contributed by atoms with Crippen LogP contribution in [0.25, 0.3) is 0 Å². The van der Waals surface area contributed by atoms with Crippen molar-refractivity contribution in [1.82, 2.24) is 30.0 Å². The van der Waals surface area contributed by atoms with Crippen molar-refractivity contribution in [3.8, 4) is 0 Å². The molecule has 2 fully saturated rings. The zero-order valence-corrected chi connectivity index (χ0v) is 25.6. The van der Waals surface area contributed by atoms with Crippen LogP contribution in [0.1, 0.15) is 70.6 Å². The van der Waals surface area contributed by atoms with Crippen molar-refractivity contribution in [2.24, 2.45) is 5.41 Å². The average Bonchev–Trinajstić information content (AvgIpc) is 3.36. The average molecular weight is 592 g/mol. The molecule has 1 saturated heterocycles. The third-order valence-corrected chi connectivity index (χ3v) is 8.69. The zero-order valence-electron chi connectivity index (χ0n) is 24.1. The molecule has 0 spiro atoms. The molecule has 0 radical (unpaired) electrons. The maximum Gasteiger partial charge on any atom is 0.318 e. The van der Waals surface area contributed by atoms with E-state index in [2.05, 4.69) is 41.3 Å². The van der Waals surface area contributed by atoms with E-state index in [1.165, 1.54) is 6.42 Å². The number of halogens is 2. The van der Waals surface area contributed by atoms with Gasteiger partial charge in [-0.25, -0.2) is 9.78 Å². The predicted octanol–water partition coefficient (Wildman–Crippen LogP) is 5.36. The standard InChI is InChI=1S/C30H44Cl2N6O2/c1-30(2,3)12-14-36-15-16-38(29(40)35-23-7-5-4-6-8-23)27(20-36)28(39)34-13-11-24-18-33-21-37(24)19-22-9-10-25(31)26(32)17-22/h9-10,17-18,21,23,27H,4-8,11-16,19-20H2,1-3H3,(H,34,39)(H,35,40). The van der Waals surface area contributed by atoms with Gasteiger partial charge in [-0.3, -0.25) is 9.69 Å². The first kappa shape index (κ1) is 30.7. The number of urea groups is 1. The molecule has 1 aliphatic heterocycles. The van der Waals surface area contributed by atoms with Crippen molar-refractivity contribution in [3.63, 3.8) is 0 Å². The van der Waals surface area contributed by atoms with Crippen molar-refractivity contribution in [2.45, 2.75) is 84.3 Å². The van der Waals surface area contributed by atoms with Crippen molar-refractivity contribution >= 4 is 35.1 Å². The number of hydrogen-bond acceptors (Lipinski definition) is 4. The molecule has 220 valence electrons. The second kappa shape index (κ2) is 14.1. The molecule has 10 heteroatoms. The number of benzene rings is 1. The van der Waals surface area contributed by atoms with Crippen molar-refractivity contribution in [3.05, 3.63) is 52.0 Å². The third-order valence-electron chi connectivity index (χ3n) is 7.95. The van der Waals surface area contributed by atoms with E-state index in [9.17, 15) is 9.59 Å². The van der Waals surface area contributed by atoms with Crippen molar-refractivity contribution < 1.29 is 9.59 Å². The molecule has 4 rings (SSSR count). The Hall–Kier alpha value is -2.29. The van der Waals surface area contributed by atoms with Crippen LogP contribution in [0.2, 0.25) is 10.0 Å². The van der Waals surface area contributed by atoms with Gasteiger partial charge in [-0.15, -0.1) is 0 Å². The van der Waals surface area contributed by atoms with E-state index in [4.69, 9.17) is 23.2 Å². The van der Waals surface area contributed by atoms with Crippen LogP contribution in [0.5, 0.6) is 0 Å². The van der Waals surface area contributed by atoms with Gasteiger partial charge in [-0.2, -0.15) is 0 Å². The quantitative estimate of drug-likeness (QED) is 0.412. The van der Waals surface area contributed by atoms with Crippen LogP contribution in [0.15, 0.2) is 30.7 Å². The molecule has 1 saturated carbocycles. The van der Waals surface area contributed by atoms with Crippen molar-refractivity contribution in [1.29, 1.82) is 0 Å². The van der Waals surface area contributed by atoms with Crippen LogP contribution >= 0.6 is 23.2 Å². The summed E-state index contributed by atoms with van der Waals surface area (Å²) in [7, 11) is 0. The Bertz CT molecular complexity index is 1140. The highest BCUT2D eigenvalue weighted by molar-refractivity contribution is 6.42. The zero-order chi connectivity index (χ0) is 28.7. The third kappa shape index (κ3) is 8.85. The lowest BCUT2D eigenvalue weighted by Gasteiger charge is -2.41. The van der Waals surface area contributed by atoms with Gasteiger partial charge in [0.2, 0.25) is 5.91 Å². The fourth-order valence-electron chi connectivity index (χ4n) is 5.47. The molecule has 0 bridgehead atoms. The molecule has 2 aromatic rings. The Morgan fingerprint density at radius 3 is 2.58 bits per heavy atom. The summed E-state index contributed by atoms with van der Waals surface area (Å²) >= 11 is 12.2. The minimum absolute atomic E-state index is 0.102. The number of hydrogen-bond donors (Lipinski definition) is 2. The summed E-state index contributed by atoms with van der Waals surface area (Å²) in [5.41, 5.74) is 2.25. The molecule has 1 aromatic carbocycles. The maximum atomic E-state index is 13.5. The summed E-state index contributed by atoms with van der Waals surface area (Å²) in [6.45, 7) is 10.6. The lowest BCUT2D eigenvalue weighted by molar-refractivity contribution is -0.127. The van der Waals surface area contributed by atoms with Crippen molar-refractivity contribution in [2.75, 3.05) is 32.7 Å². The van der Waals surface area contributed by atoms with E-state index < -0.39 is 6.04 Å². The molecular weight excluding hydrogens is 547 g/mol. The SMILES string of the molecule is CC(C)(C)CCN1CCN(C(=O)NC2CCCCC2)C(C(=O)NCCc2cncn2Cc2ccc(Cl)c(Cl)c2)C1. The minimum atomic E-state index is -0.515.